The zero-order chi connectivity index (χ0) is 32.1. The largest absolute Gasteiger partial charge is 0.444 e. The second kappa shape index (κ2) is 13.5. The molecular weight excluding hydrogens is 562 g/mol. The maximum atomic E-state index is 12.4. The zero-order valence-corrected chi connectivity index (χ0v) is 26.3. The molecule has 0 aliphatic carbocycles. The van der Waals surface area contributed by atoms with Gasteiger partial charge in [0, 0.05) is 62.0 Å². The van der Waals surface area contributed by atoms with Gasteiger partial charge in [0.2, 0.25) is 0 Å². The molecule has 44 heavy (non-hydrogen) atoms. The van der Waals surface area contributed by atoms with Gasteiger partial charge >= 0.3 is 12.2 Å². The van der Waals surface area contributed by atoms with Gasteiger partial charge < -0.3 is 19.3 Å². The Morgan fingerprint density at radius 1 is 0.795 bits per heavy atom. The standard InChI is InChI=1S/C17H21N3O2.C16H20N2O4/c1-17(2,3)22-16(21)20-9-6-13-10-19-15(14(13)11-20)12-4-7-18-8-5-12;1-16(2,3)22-15(21)18-9-6-13(19)12(10-18)14(20)11-4-7-17-8-5-11/h4-5,7-8H,6,9-11H2,1-3H3;4-5,7-8,12H,6,9-10H2,1-3H3. The summed E-state index contributed by atoms with van der Waals surface area (Å²) in [5.41, 5.74) is 3.91. The van der Waals surface area contributed by atoms with Crippen molar-refractivity contribution in [3.63, 3.8) is 0 Å². The molecule has 2 aromatic heterocycles. The lowest BCUT2D eigenvalue weighted by molar-refractivity contribution is -0.124. The number of carbonyl (C=O) groups is 4. The van der Waals surface area contributed by atoms with Crippen molar-refractivity contribution in [2.24, 2.45) is 10.9 Å². The van der Waals surface area contributed by atoms with E-state index in [1.807, 2.05) is 32.9 Å². The topological polar surface area (TPSA) is 131 Å². The number of piperidine rings is 1. The number of aromatic nitrogens is 2. The molecule has 1 atom stereocenters. The predicted octanol–water partition coefficient (Wildman–Crippen LogP) is 4.91. The fourth-order valence-electron chi connectivity index (χ4n) is 5.02. The van der Waals surface area contributed by atoms with Gasteiger partial charge in [-0.2, -0.15) is 0 Å². The first-order valence-corrected chi connectivity index (χ1v) is 14.8. The fourth-order valence-corrected chi connectivity index (χ4v) is 5.02. The van der Waals surface area contributed by atoms with E-state index in [9.17, 15) is 19.2 Å². The number of rotatable bonds is 3. The van der Waals surface area contributed by atoms with E-state index >= 15 is 0 Å². The number of carbonyl (C=O) groups excluding carboxylic acids is 4. The number of ether oxygens (including phenoxy) is 2. The number of amides is 2. The van der Waals surface area contributed by atoms with Crippen molar-refractivity contribution >= 4 is 29.5 Å². The van der Waals surface area contributed by atoms with E-state index in [0.29, 0.717) is 18.7 Å². The fraction of sp³-hybridized carbons (Fsp3) is 0.485. The number of hydrogen-bond donors (Lipinski definition) is 0. The van der Waals surface area contributed by atoms with Gasteiger partial charge in [0.15, 0.2) is 5.78 Å². The molecule has 1 fully saturated rings. The Morgan fingerprint density at radius 3 is 1.93 bits per heavy atom. The van der Waals surface area contributed by atoms with Crippen LogP contribution in [-0.2, 0) is 14.3 Å². The summed E-state index contributed by atoms with van der Waals surface area (Å²) in [4.78, 5) is 64.6. The lowest BCUT2D eigenvalue weighted by Crippen LogP contribution is -2.48. The molecule has 5 rings (SSSR count). The first kappa shape index (κ1) is 32.5. The molecule has 2 amide bonds. The molecule has 0 N–H and O–H groups in total. The highest BCUT2D eigenvalue weighted by atomic mass is 16.6. The average Bonchev–Trinajstić information content (AvgIpc) is 3.40. The summed E-state index contributed by atoms with van der Waals surface area (Å²) < 4.78 is 10.8. The van der Waals surface area contributed by atoms with Crippen molar-refractivity contribution < 1.29 is 28.7 Å². The molecule has 1 saturated heterocycles. The highest BCUT2D eigenvalue weighted by Crippen LogP contribution is 2.28. The van der Waals surface area contributed by atoms with E-state index in [-0.39, 0.29) is 37.2 Å². The summed E-state index contributed by atoms with van der Waals surface area (Å²) in [5, 5.41) is 0. The van der Waals surface area contributed by atoms with Gasteiger partial charge in [-0.05, 0) is 83.4 Å². The molecule has 3 aliphatic rings. The highest BCUT2D eigenvalue weighted by molar-refractivity contribution is 6.15. The van der Waals surface area contributed by atoms with Crippen molar-refractivity contribution in [1.82, 2.24) is 19.8 Å². The first-order valence-electron chi connectivity index (χ1n) is 14.8. The van der Waals surface area contributed by atoms with E-state index in [1.165, 1.54) is 28.4 Å². The Kier molecular flexibility index (Phi) is 9.96. The third kappa shape index (κ3) is 8.58. The minimum absolute atomic E-state index is 0.0644. The Bertz CT molecular complexity index is 1440. The van der Waals surface area contributed by atoms with Crippen molar-refractivity contribution in [1.29, 1.82) is 0 Å². The molecule has 0 saturated carbocycles. The van der Waals surface area contributed by atoms with Gasteiger partial charge in [0.05, 0.1) is 24.7 Å². The van der Waals surface area contributed by atoms with Gasteiger partial charge in [-0.25, -0.2) is 9.59 Å². The zero-order valence-electron chi connectivity index (χ0n) is 26.3. The Hall–Kier alpha value is -4.41. The molecule has 5 heterocycles. The molecule has 0 radical (unpaired) electrons. The highest BCUT2D eigenvalue weighted by Gasteiger charge is 2.37. The molecule has 0 spiro atoms. The summed E-state index contributed by atoms with van der Waals surface area (Å²) in [5.74, 6) is -1.24. The quantitative estimate of drug-likeness (QED) is 0.357. The van der Waals surface area contributed by atoms with Crippen LogP contribution >= 0.6 is 0 Å². The van der Waals surface area contributed by atoms with Crippen molar-refractivity contribution in [3.8, 4) is 0 Å². The van der Waals surface area contributed by atoms with Crippen molar-refractivity contribution in [2.45, 2.75) is 65.6 Å². The van der Waals surface area contributed by atoms with Crippen LogP contribution in [0, 0.1) is 5.92 Å². The van der Waals surface area contributed by atoms with Gasteiger partial charge in [0.1, 0.15) is 17.0 Å². The van der Waals surface area contributed by atoms with Crippen LogP contribution in [0.4, 0.5) is 9.59 Å². The number of ketones is 2. The summed E-state index contributed by atoms with van der Waals surface area (Å²) in [6, 6.07) is 7.06. The normalized spacial score (nSPS) is 18.5. The predicted molar refractivity (Wildman–Crippen MR) is 165 cm³/mol. The summed E-state index contributed by atoms with van der Waals surface area (Å²) in [7, 11) is 0. The Balaban J connectivity index is 0.000000201. The summed E-state index contributed by atoms with van der Waals surface area (Å²) in [6.45, 7) is 13.4. The Morgan fingerprint density at radius 2 is 1.34 bits per heavy atom. The van der Waals surface area contributed by atoms with Crippen LogP contribution in [0.5, 0.6) is 0 Å². The van der Waals surface area contributed by atoms with Gasteiger partial charge in [-0.1, -0.05) is 0 Å². The minimum atomic E-state index is -0.830. The van der Waals surface area contributed by atoms with E-state index < -0.39 is 23.2 Å². The number of hydrogen-bond acceptors (Lipinski definition) is 9. The smallest absolute Gasteiger partial charge is 0.410 e. The second-order valence-corrected chi connectivity index (χ2v) is 12.9. The van der Waals surface area contributed by atoms with Crippen LogP contribution in [0.1, 0.15) is 70.3 Å². The van der Waals surface area contributed by atoms with Crippen LogP contribution in [0.2, 0.25) is 0 Å². The molecule has 3 aliphatic heterocycles. The minimum Gasteiger partial charge on any atom is -0.444 e. The average molecular weight is 604 g/mol. The summed E-state index contributed by atoms with van der Waals surface area (Å²) >= 11 is 0. The van der Waals surface area contributed by atoms with E-state index in [4.69, 9.17) is 9.47 Å². The van der Waals surface area contributed by atoms with E-state index in [2.05, 4.69) is 15.0 Å². The van der Waals surface area contributed by atoms with E-state index in [1.54, 1.807) is 50.2 Å². The molecule has 1 unspecified atom stereocenters. The SMILES string of the molecule is CC(C)(C)OC(=O)N1CCC(=O)C(C(=O)c2ccncc2)C1.CC(C)(C)OC(=O)N1CCC2=C(C1)C(c1ccncc1)=NC2. The number of likely N-dealkylation sites (tertiary alicyclic amines) is 1. The van der Waals surface area contributed by atoms with Gasteiger partial charge in [-0.15, -0.1) is 0 Å². The first-order chi connectivity index (χ1) is 20.7. The van der Waals surface area contributed by atoms with Gasteiger partial charge in [0.25, 0.3) is 0 Å². The number of aliphatic imine (C=N–C) groups is 1. The lowest BCUT2D eigenvalue weighted by Gasteiger charge is -2.32. The monoisotopic (exact) mass is 603 g/mol. The third-order valence-corrected chi connectivity index (χ3v) is 7.13. The second-order valence-electron chi connectivity index (χ2n) is 12.9. The number of nitrogens with zero attached hydrogens (tertiary/aromatic N) is 5. The Labute approximate surface area is 258 Å². The maximum absolute atomic E-state index is 12.4. The molecule has 0 aromatic carbocycles. The molecule has 0 bridgehead atoms. The number of Topliss-reactive ketones (excluding diaryl/α,β-unsaturated/α-hetero) is 2. The number of pyridine rings is 2. The molecule has 234 valence electrons. The molecule has 2 aromatic rings. The van der Waals surface area contributed by atoms with Crippen LogP contribution in [0.3, 0.4) is 0 Å². The maximum Gasteiger partial charge on any atom is 0.410 e. The van der Waals surface area contributed by atoms with Crippen molar-refractivity contribution in [2.75, 3.05) is 32.7 Å². The summed E-state index contributed by atoms with van der Waals surface area (Å²) in [6.07, 6.45) is 6.84. The van der Waals surface area contributed by atoms with Crippen LogP contribution in [0.15, 0.2) is 65.2 Å². The van der Waals surface area contributed by atoms with Gasteiger partial charge in [-0.3, -0.25) is 24.5 Å². The third-order valence-electron chi connectivity index (χ3n) is 7.13. The molecule has 11 heteroatoms. The molecular formula is C33H41N5O6. The van der Waals surface area contributed by atoms with Crippen LogP contribution in [-0.4, -0.2) is 93.2 Å². The van der Waals surface area contributed by atoms with Crippen LogP contribution in [0.25, 0.3) is 0 Å². The van der Waals surface area contributed by atoms with Crippen LogP contribution < -0.4 is 0 Å². The van der Waals surface area contributed by atoms with Crippen molar-refractivity contribution in [3.05, 3.63) is 71.3 Å². The lowest BCUT2D eigenvalue weighted by atomic mass is 9.89. The molecule has 11 nitrogen and oxygen atoms in total. The van der Waals surface area contributed by atoms with E-state index in [0.717, 1.165) is 24.2 Å².